The first-order valence-electron chi connectivity index (χ1n) is 11.7. The highest BCUT2D eigenvalue weighted by Gasteiger charge is 2.49. The standard InChI is InChI=1S/C26H28F3N5O3/c1-3-33-13-21(26(28,29)14-33)34-12-19(22(23(34)30)24(31)35)16-6-4-15(5-7-16)11-32-25(36)18-10-17(27)8-9-20(18)37-2/h4-10,12,21H,3,11,13-14,30H2,1-2H3,(H2,31,35)(H,32,36). The lowest BCUT2D eigenvalue weighted by Gasteiger charge is -2.20. The number of halogens is 3. The SMILES string of the molecule is CCN1CC(n2cc(-c3ccc(CNC(=O)c4cc(F)ccc4OC)cc3)c(C(N)=O)c2N)C(F)(F)C1. The van der Waals surface area contributed by atoms with Crippen molar-refractivity contribution in [2.24, 2.45) is 5.73 Å². The minimum atomic E-state index is -3.03. The molecule has 3 aromatic rings. The van der Waals surface area contributed by atoms with Crippen LogP contribution in [0.5, 0.6) is 5.75 Å². The number of benzene rings is 2. The number of nitrogens with zero attached hydrogens (tertiary/aromatic N) is 2. The maximum absolute atomic E-state index is 14.8. The van der Waals surface area contributed by atoms with E-state index in [0.29, 0.717) is 23.2 Å². The van der Waals surface area contributed by atoms with Gasteiger partial charge >= 0.3 is 0 Å². The van der Waals surface area contributed by atoms with E-state index in [-0.39, 0.29) is 35.8 Å². The zero-order valence-electron chi connectivity index (χ0n) is 20.4. The lowest BCUT2D eigenvalue weighted by atomic mass is 10.0. The molecule has 1 aromatic heterocycles. The first-order valence-corrected chi connectivity index (χ1v) is 11.7. The van der Waals surface area contributed by atoms with Crippen molar-refractivity contribution in [3.8, 4) is 16.9 Å². The van der Waals surface area contributed by atoms with Gasteiger partial charge in [-0.1, -0.05) is 31.2 Å². The summed E-state index contributed by atoms with van der Waals surface area (Å²) in [6.45, 7) is 2.10. The zero-order chi connectivity index (χ0) is 26.9. The number of hydrogen-bond donors (Lipinski definition) is 3. The number of methoxy groups -OCH3 is 1. The van der Waals surface area contributed by atoms with Gasteiger partial charge in [-0.05, 0) is 35.9 Å². The number of amides is 2. The molecule has 1 aliphatic heterocycles. The summed E-state index contributed by atoms with van der Waals surface area (Å²) in [6, 6.07) is 9.21. The molecule has 2 amide bonds. The van der Waals surface area contributed by atoms with Gasteiger partial charge in [0.25, 0.3) is 17.7 Å². The number of primary amides is 1. The molecular weight excluding hydrogens is 487 g/mol. The highest BCUT2D eigenvalue weighted by atomic mass is 19.3. The highest BCUT2D eigenvalue weighted by molar-refractivity contribution is 6.04. The number of likely N-dealkylation sites (tertiary alicyclic amines) is 1. The quantitative estimate of drug-likeness (QED) is 0.425. The Morgan fingerprint density at radius 3 is 2.49 bits per heavy atom. The fourth-order valence-corrected chi connectivity index (χ4v) is 4.59. The van der Waals surface area contributed by atoms with Crippen LogP contribution in [0.2, 0.25) is 0 Å². The van der Waals surface area contributed by atoms with Crippen molar-refractivity contribution < 1.29 is 27.5 Å². The molecule has 2 heterocycles. The fraction of sp³-hybridized carbons (Fsp3) is 0.308. The van der Waals surface area contributed by atoms with Crippen molar-refractivity contribution in [2.75, 3.05) is 32.5 Å². The highest BCUT2D eigenvalue weighted by Crippen LogP contribution is 2.41. The molecule has 1 unspecified atom stereocenters. The Hall–Kier alpha value is -3.99. The second kappa shape index (κ2) is 10.2. The molecule has 4 rings (SSSR count). The molecule has 8 nitrogen and oxygen atoms in total. The van der Waals surface area contributed by atoms with Crippen LogP contribution in [-0.2, 0) is 6.54 Å². The van der Waals surface area contributed by atoms with E-state index < -0.39 is 36.1 Å². The largest absolute Gasteiger partial charge is 0.496 e. The van der Waals surface area contributed by atoms with Gasteiger partial charge in [0.2, 0.25) is 0 Å². The molecule has 1 saturated heterocycles. The van der Waals surface area contributed by atoms with Crippen molar-refractivity contribution in [2.45, 2.75) is 25.4 Å². The van der Waals surface area contributed by atoms with E-state index in [1.54, 1.807) is 36.1 Å². The molecule has 1 fully saturated rings. The van der Waals surface area contributed by atoms with E-state index in [4.69, 9.17) is 16.2 Å². The van der Waals surface area contributed by atoms with Crippen LogP contribution in [-0.4, -0.2) is 53.9 Å². The lowest BCUT2D eigenvalue weighted by molar-refractivity contribution is -0.0207. The molecule has 0 aliphatic carbocycles. The van der Waals surface area contributed by atoms with Crippen molar-refractivity contribution >= 4 is 17.6 Å². The van der Waals surface area contributed by atoms with E-state index in [2.05, 4.69) is 5.32 Å². The minimum Gasteiger partial charge on any atom is -0.496 e. The number of carbonyl (C=O) groups is 2. The van der Waals surface area contributed by atoms with Crippen LogP contribution in [0.15, 0.2) is 48.7 Å². The Labute approximate surface area is 212 Å². The number of likely N-dealkylation sites (N-methyl/N-ethyl adjacent to an activating group) is 1. The summed E-state index contributed by atoms with van der Waals surface area (Å²) >= 11 is 0. The van der Waals surface area contributed by atoms with Gasteiger partial charge < -0.3 is 26.1 Å². The third-order valence-corrected chi connectivity index (χ3v) is 6.58. The predicted molar refractivity (Wildman–Crippen MR) is 133 cm³/mol. The molecule has 11 heteroatoms. The van der Waals surface area contributed by atoms with Gasteiger partial charge in [-0.25, -0.2) is 13.2 Å². The number of hydrogen-bond acceptors (Lipinski definition) is 5. The third kappa shape index (κ3) is 5.12. The number of rotatable bonds is 8. The van der Waals surface area contributed by atoms with Crippen molar-refractivity contribution in [3.63, 3.8) is 0 Å². The molecular formula is C26H28F3N5O3. The van der Waals surface area contributed by atoms with Crippen LogP contribution in [0.3, 0.4) is 0 Å². The van der Waals surface area contributed by atoms with Gasteiger partial charge in [-0.15, -0.1) is 0 Å². The number of nitrogens with two attached hydrogens (primary N) is 2. The van der Waals surface area contributed by atoms with E-state index >= 15 is 0 Å². The average molecular weight is 516 g/mol. The maximum atomic E-state index is 14.8. The molecule has 0 saturated carbocycles. The molecule has 0 radical (unpaired) electrons. The number of nitrogen functional groups attached to an aromatic ring is 1. The van der Waals surface area contributed by atoms with Gasteiger partial charge in [-0.3, -0.25) is 14.5 Å². The number of ether oxygens (including phenoxy) is 1. The summed E-state index contributed by atoms with van der Waals surface area (Å²) < 4.78 is 49.5. The molecule has 0 bridgehead atoms. The number of aromatic nitrogens is 1. The summed E-state index contributed by atoms with van der Waals surface area (Å²) in [5, 5.41) is 2.70. The van der Waals surface area contributed by atoms with E-state index in [0.717, 1.165) is 6.07 Å². The van der Waals surface area contributed by atoms with Crippen LogP contribution >= 0.6 is 0 Å². The summed E-state index contributed by atoms with van der Waals surface area (Å²) in [7, 11) is 1.39. The lowest BCUT2D eigenvalue weighted by Crippen LogP contribution is -2.30. The third-order valence-electron chi connectivity index (χ3n) is 6.58. The summed E-state index contributed by atoms with van der Waals surface area (Å²) in [5.41, 5.74) is 13.4. The van der Waals surface area contributed by atoms with E-state index in [9.17, 15) is 22.8 Å². The Kier molecular flexibility index (Phi) is 7.17. The Morgan fingerprint density at radius 1 is 1.19 bits per heavy atom. The molecule has 196 valence electrons. The average Bonchev–Trinajstić information content (AvgIpc) is 3.37. The van der Waals surface area contributed by atoms with Gasteiger partial charge in [-0.2, -0.15) is 0 Å². The summed E-state index contributed by atoms with van der Waals surface area (Å²) in [4.78, 5) is 26.4. The molecule has 2 aromatic carbocycles. The summed E-state index contributed by atoms with van der Waals surface area (Å²) in [5.74, 6) is -4.79. The van der Waals surface area contributed by atoms with Crippen molar-refractivity contribution in [1.29, 1.82) is 0 Å². The Morgan fingerprint density at radius 2 is 1.89 bits per heavy atom. The number of carbonyl (C=O) groups excluding carboxylic acids is 2. The topological polar surface area (TPSA) is 116 Å². The monoisotopic (exact) mass is 515 g/mol. The zero-order valence-corrected chi connectivity index (χ0v) is 20.4. The van der Waals surface area contributed by atoms with Crippen LogP contribution in [0.4, 0.5) is 19.0 Å². The van der Waals surface area contributed by atoms with Crippen LogP contribution in [0.25, 0.3) is 11.1 Å². The van der Waals surface area contributed by atoms with Crippen LogP contribution < -0.4 is 21.5 Å². The van der Waals surface area contributed by atoms with E-state index in [1.165, 1.54) is 30.0 Å². The van der Waals surface area contributed by atoms with Crippen molar-refractivity contribution in [1.82, 2.24) is 14.8 Å². The van der Waals surface area contributed by atoms with Crippen molar-refractivity contribution in [3.05, 3.63) is 71.2 Å². The molecule has 37 heavy (non-hydrogen) atoms. The van der Waals surface area contributed by atoms with Gasteiger partial charge in [0.05, 0.1) is 24.8 Å². The maximum Gasteiger partial charge on any atom is 0.282 e. The number of anilines is 1. The smallest absolute Gasteiger partial charge is 0.282 e. The summed E-state index contributed by atoms with van der Waals surface area (Å²) in [6.07, 6.45) is 1.44. The minimum absolute atomic E-state index is 0.0231. The van der Waals surface area contributed by atoms with Gasteiger partial charge in [0, 0.05) is 24.8 Å². The normalized spacial score (nSPS) is 17.1. The number of alkyl halides is 2. The second-order valence-corrected chi connectivity index (χ2v) is 8.90. The van der Waals surface area contributed by atoms with Gasteiger partial charge in [0.1, 0.15) is 23.4 Å². The predicted octanol–water partition coefficient (Wildman–Crippen LogP) is 3.43. The molecule has 0 spiro atoms. The first-order chi connectivity index (χ1) is 17.6. The molecule has 1 atom stereocenters. The van der Waals surface area contributed by atoms with E-state index in [1.807, 2.05) is 0 Å². The van der Waals surface area contributed by atoms with Crippen LogP contribution in [0.1, 0.15) is 39.2 Å². The molecule has 5 N–H and O–H groups in total. The second-order valence-electron chi connectivity index (χ2n) is 8.90. The Bertz CT molecular complexity index is 1320. The number of nitrogens with one attached hydrogen (secondary N) is 1. The first kappa shape index (κ1) is 26.1. The van der Waals surface area contributed by atoms with Gasteiger partial charge in [0.15, 0.2) is 0 Å². The van der Waals surface area contributed by atoms with Crippen LogP contribution in [0, 0.1) is 5.82 Å². The Balaban J connectivity index is 1.56. The fourth-order valence-electron chi connectivity index (χ4n) is 4.59. The molecule has 1 aliphatic rings.